The number of aromatic hydroxyl groups is 1. The van der Waals surface area contributed by atoms with Gasteiger partial charge in [0.1, 0.15) is 5.75 Å². The maximum Gasteiger partial charge on any atom is 0.119 e. The summed E-state index contributed by atoms with van der Waals surface area (Å²) < 4.78 is 0. The second-order valence-electron chi connectivity index (χ2n) is 3.04. The Labute approximate surface area is 77.7 Å². The molecule has 0 atom stereocenters. The molecule has 70 valence electrons. The van der Waals surface area contributed by atoms with Crippen molar-refractivity contribution in [2.45, 2.75) is 13.3 Å². The summed E-state index contributed by atoms with van der Waals surface area (Å²) in [5.41, 5.74) is 12.5. The normalized spacial score (nSPS) is 9.62. The molecule has 0 spiro atoms. The number of rotatable bonds is 2. The van der Waals surface area contributed by atoms with Crippen LogP contribution < -0.4 is 11.5 Å². The molecule has 0 heterocycles. The van der Waals surface area contributed by atoms with Crippen LogP contribution in [0.3, 0.4) is 0 Å². The Morgan fingerprint density at radius 2 is 1.92 bits per heavy atom. The molecule has 0 aliphatic carbocycles. The minimum atomic E-state index is 0.281. The summed E-state index contributed by atoms with van der Waals surface area (Å²) in [6, 6.07) is 7.15. The summed E-state index contributed by atoms with van der Waals surface area (Å²) in [7, 11) is 0. The van der Waals surface area contributed by atoms with E-state index < -0.39 is 0 Å². The van der Waals surface area contributed by atoms with Gasteiger partial charge in [-0.3, -0.25) is 0 Å². The fourth-order valence-corrected chi connectivity index (χ4v) is 1.05. The number of nitrogens with two attached hydrogens (primary N) is 2. The molecule has 3 heteroatoms. The average Bonchev–Trinajstić information content (AvgIpc) is 2.08. The van der Waals surface area contributed by atoms with Crippen LogP contribution in [0.1, 0.15) is 12.5 Å². The number of allylic oxidation sites excluding steroid dienone is 1. The van der Waals surface area contributed by atoms with Crippen LogP contribution in [0.5, 0.6) is 5.75 Å². The number of benzene rings is 1. The molecule has 0 aromatic heterocycles. The second-order valence-corrected chi connectivity index (χ2v) is 3.04. The Bertz CT molecular complexity index is 327. The third-order valence-corrected chi connectivity index (χ3v) is 1.94. The monoisotopic (exact) mass is 178 g/mol. The van der Waals surface area contributed by atoms with Crippen LogP contribution >= 0.6 is 0 Å². The van der Waals surface area contributed by atoms with E-state index in [9.17, 15) is 5.11 Å². The molecule has 0 aliphatic heterocycles. The Hall–Kier alpha value is -1.64. The van der Waals surface area contributed by atoms with Gasteiger partial charge in [-0.05, 0) is 24.1 Å². The van der Waals surface area contributed by atoms with E-state index in [1.165, 1.54) is 0 Å². The summed E-state index contributed by atoms with van der Waals surface area (Å²) in [6.45, 7) is 1.85. The summed E-state index contributed by atoms with van der Waals surface area (Å²) in [4.78, 5) is 0. The highest BCUT2D eigenvalue weighted by atomic mass is 16.3. The van der Waals surface area contributed by atoms with Crippen molar-refractivity contribution >= 4 is 0 Å². The first kappa shape index (κ1) is 9.45. The van der Waals surface area contributed by atoms with Gasteiger partial charge in [-0.2, -0.15) is 0 Å². The van der Waals surface area contributed by atoms with Crippen molar-refractivity contribution < 1.29 is 5.11 Å². The molecule has 13 heavy (non-hydrogen) atoms. The van der Waals surface area contributed by atoms with Gasteiger partial charge < -0.3 is 16.6 Å². The molecule has 0 saturated carbocycles. The van der Waals surface area contributed by atoms with Crippen molar-refractivity contribution in [2.24, 2.45) is 11.5 Å². The molecule has 0 bridgehead atoms. The highest BCUT2D eigenvalue weighted by Crippen LogP contribution is 2.18. The lowest BCUT2D eigenvalue weighted by Gasteiger charge is -2.05. The molecule has 0 saturated heterocycles. The van der Waals surface area contributed by atoms with Crippen molar-refractivity contribution in [3.05, 3.63) is 41.2 Å². The maximum absolute atomic E-state index is 9.44. The molecule has 1 rings (SSSR count). The largest absolute Gasteiger partial charge is 0.508 e. The predicted molar refractivity (Wildman–Crippen MR) is 52.9 cm³/mol. The van der Waals surface area contributed by atoms with Gasteiger partial charge in [0, 0.05) is 6.42 Å². The van der Waals surface area contributed by atoms with Crippen LogP contribution in [0.2, 0.25) is 0 Å². The third-order valence-electron chi connectivity index (χ3n) is 1.94. The minimum Gasteiger partial charge on any atom is -0.508 e. The molecule has 0 fully saturated rings. The van der Waals surface area contributed by atoms with E-state index in [2.05, 4.69) is 0 Å². The highest BCUT2D eigenvalue weighted by molar-refractivity contribution is 5.35. The minimum absolute atomic E-state index is 0.281. The zero-order valence-corrected chi connectivity index (χ0v) is 7.62. The molecule has 0 amide bonds. The van der Waals surface area contributed by atoms with Gasteiger partial charge in [-0.15, -0.1) is 0 Å². The Morgan fingerprint density at radius 3 is 2.46 bits per heavy atom. The first-order valence-electron chi connectivity index (χ1n) is 4.09. The average molecular weight is 178 g/mol. The summed E-state index contributed by atoms with van der Waals surface area (Å²) in [5.74, 6) is 0.603. The van der Waals surface area contributed by atoms with E-state index in [1.807, 2.05) is 19.1 Å². The first-order valence-corrected chi connectivity index (χ1v) is 4.09. The van der Waals surface area contributed by atoms with E-state index >= 15 is 0 Å². The zero-order chi connectivity index (χ0) is 9.84. The Balaban J connectivity index is 2.87. The van der Waals surface area contributed by atoms with Gasteiger partial charge in [-0.1, -0.05) is 18.2 Å². The van der Waals surface area contributed by atoms with Crippen LogP contribution in [-0.4, -0.2) is 5.11 Å². The number of hydrogen-bond acceptors (Lipinski definition) is 3. The lowest BCUT2D eigenvalue weighted by molar-refractivity contribution is 0.469. The molecular weight excluding hydrogens is 164 g/mol. The molecule has 1 aromatic carbocycles. The Morgan fingerprint density at radius 1 is 1.31 bits per heavy atom. The quantitative estimate of drug-likeness (QED) is 0.634. The van der Waals surface area contributed by atoms with E-state index in [0.717, 1.165) is 11.1 Å². The van der Waals surface area contributed by atoms with Crippen molar-refractivity contribution in [3.8, 4) is 5.75 Å². The van der Waals surface area contributed by atoms with Crippen LogP contribution in [-0.2, 0) is 6.42 Å². The summed E-state index contributed by atoms with van der Waals surface area (Å²) in [6.07, 6.45) is 0.592. The molecule has 5 N–H and O–H groups in total. The molecule has 0 unspecified atom stereocenters. The van der Waals surface area contributed by atoms with E-state index in [4.69, 9.17) is 11.5 Å². The van der Waals surface area contributed by atoms with Crippen molar-refractivity contribution in [2.75, 3.05) is 0 Å². The van der Waals surface area contributed by atoms with Gasteiger partial charge in [0.05, 0.1) is 5.82 Å². The second kappa shape index (κ2) is 3.85. The van der Waals surface area contributed by atoms with Crippen molar-refractivity contribution in [1.82, 2.24) is 0 Å². The maximum atomic E-state index is 9.44. The SMILES string of the molecule is CC(Cc1ccccc1O)=C(N)N. The van der Waals surface area contributed by atoms with Crippen LogP contribution in [0.25, 0.3) is 0 Å². The molecular formula is C10H14N2O. The predicted octanol–water partition coefficient (Wildman–Crippen LogP) is 1.08. The topological polar surface area (TPSA) is 72.3 Å². The lowest BCUT2D eigenvalue weighted by Crippen LogP contribution is -2.12. The van der Waals surface area contributed by atoms with Crippen LogP contribution in [0.15, 0.2) is 35.7 Å². The smallest absolute Gasteiger partial charge is 0.119 e. The van der Waals surface area contributed by atoms with Gasteiger partial charge in [0.25, 0.3) is 0 Å². The van der Waals surface area contributed by atoms with Crippen LogP contribution in [0, 0.1) is 0 Å². The standard InChI is InChI=1S/C10H14N2O/c1-7(10(11)12)6-8-4-2-3-5-9(8)13/h2-5,13H,6,11-12H2,1H3. The Kier molecular flexibility index (Phi) is 2.80. The summed E-state index contributed by atoms with van der Waals surface area (Å²) in [5, 5.41) is 9.44. The van der Waals surface area contributed by atoms with E-state index in [0.29, 0.717) is 12.2 Å². The highest BCUT2D eigenvalue weighted by Gasteiger charge is 2.01. The first-order chi connectivity index (χ1) is 6.11. The number of hydrogen-bond donors (Lipinski definition) is 3. The fourth-order valence-electron chi connectivity index (χ4n) is 1.05. The van der Waals surface area contributed by atoms with Gasteiger partial charge in [0.2, 0.25) is 0 Å². The molecule has 0 radical (unpaired) electrons. The van der Waals surface area contributed by atoms with Crippen molar-refractivity contribution in [3.63, 3.8) is 0 Å². The van der Waals surface area contributed by atoms with Gasteiger partial charge in [-0.25, -0.2) is 0 Å². The summed E-state index contributed by atoms with van der Waals surface area (Å²) >= 11 is 0. The van der Waals surface area contributed by atoms with E-state index in [-0.39, 0.29) is 5.75 Å². The number of phenols is 1. The fraction of sp³-hybridized carbons (Fsp3) is 0.200. The molecule has 3 nitrogen and oxygen atoms in total. The zero-order valence-electron chi connectivity index (χ0n) is 7.62. The lowest BCUT2D eigenvalue weighted by atomic mass is 10.1. The van der Waals surface area contributed by atoms with Crippen LogP contribution in [0.4, 0.5) is 0 Å². The van der Waals surface area contributed by atoms with Gasteiger partial charge >= 0.3 is 0 Å². The molecule has 0 aliphatic rings. The van der Waals surface area contributed by atoms with Crippen molar-refractivity contribution in [1.29, 1.82) is 0 Å². The number of phenolic OH excluding ortho intramolecular Hbond substituents is 1. The van der Waals surface area contributed by atoms with Gasteiger partial charge in [0.15, 0.2) is 0 Å². The molecule has 1 aromatic rings. The van der Waals surface area contributed by atoms with E-state index in [1.54, 1.807) is 12.1 Å². The third kappa shape index (κ3) is 2.40. The number of para-hydroxylation sites is 1.